The van der Waals surface area contributed by atoms with Crippen LogP contribution in [0.2, 0.25) is 0 Å². The topological polar surface area (TPSA) is 79.5 Å². The first-order valence-electron chi connectivity index (χ1n) is 7.30. The average Bonchev–Trinajstić information content (AvgIpc) is 2.58. The molecule has 3 N–H and O–H groups in total. The molecule has 0 heterocycles. The Hall–Kier alpha value is -3.00. The van der Waals surface area contributed by atoms with Crippen molar-refractivity contribution in [3.8, 4) is 5.75 Å². The molecule has 8 heteroatoms. The van der Waals surface area contributed by atoms with Crippen molar-refractivity contribution >= 4 is 29.1 Å². The fourth-order valence-corrected chi connectivity index (χ4v) is 2.01. The van der Waals surface area contributed by atoms with Gasteiger partial charge >= 0.3 is 0 Å². The first kappa shape index (κ1) is 18.3. The zero-order chi connectivity index (χ0) is 18.2. The fourth-order valence-electron chi connectivity index (χ4n) is 1.86. The summed E-state index contributed by atoms with van der Waals surface area (Å²) in [5.41, 5.74) is 5.48. The van der Waals surface area contributed by atoms with E-state index in [1.165, 1.54) is 18.2 Å². The fraction of sp³-hybridized carbons (Fsp3) is 0.118. The van der Waals surface area contributed by atoms with Gasteiger partial charge in [-0.1, -0.05) is 24.3 Å². The lowest BCUT2D eigenvalue weighted by atomic mass is 10.2. The second-order valence-electron chi connectivity index (χ2n) is 5.04. The number of aryl methyl sites for hydroxylation is 1. The van der Waals surface area contributed by atoms with E-state index in [2.05, 4.69) is 16.2 Å². The third-order valence-electron chi connectivity index (χ3n) is 3.02. The Bertz CT molecular complexity index is 798. The summed E-state index contributed by atoms with van der Waals surface area (Å²) in [6.07, 6.45) is 0. The SMILES string of the molecule is Cc1cccc(OCC(=O)NNC(=S)NC(=O)c2ccccc2F)c1. The molecule has 2 aromatic carbocycles. The molecule has 0 saturated carbocycles. The van der Waals surface area contributed by atoms with E-state index in [1.807, 2.05) is 19.1 Å². The third kappa shape index (κ3) is 5.85. The van der Waals surface area contributed by atoms with Crippen molar-refractivity contribution < 1.29 is 18.7 Å². The van der Waals surface area contributed by atoms with Gasteiger partial charge in [-0.15, -0.1) is 0 Å². The van der Waals surface area contributed by atoms with Crippen molar-refractivity contribution in [1.29, 1.82) is 0 Å². The van der Waals surface area contributed by atoms with Crippen LogP contribution in [0.5, 0.6) is 5.75 Å². The van der Waals surface area contributed by atoms with Crippen molar-refractivity contribution in [2.45, 2.75) is 6.92 Å². The van der Waals surface area contributed by atoms with E-state index >= 15 is 0 Å². The van der Waals surface area contributed by atoms with Crippen LogP contribution >= 0.6 is 12.2 Å². The molecule has 130 valence electrons. The molecule has 2 rings (SSSR count). The first-order chi connectivity index (χ1) is 12.0. The number of carbonyl (C=O) groups is 2. The Morgan fingerprint density at radius 1 is 1.12 bits per heavy atom. The number of nitrogens with one attached hydrogen (secondary N) is 3. The quantitative estimate of drug-likeness (QED) is 0.572. The molecule has 2 amide bonds. The van der Waals surface area contributed by atoms with Crippen LogP contribution in [0.25, 0.3) is 0 Å². The van der Waals surface area contributed by atoms with Crippen LogP contribution in [0, 0.1) is 12.7 Å². The summed E-state index contributed by atoms with van der Waals surface area (Å²) in [4.78, 5) is 23.5. The lowest BCUT2D eigenvalue weighted by Gasteiger charge is -2.11. The van der Waals surface area contributed by atoms with Gasteiger partial charge in [0.25, 0.3) is 11.8 Å². The molecule has 25 heavy (non-hydrogen) atoms. The molecule has 0 radical (unpaired) electrons. The molecule has 6 nitrogen and oxygen atoms in total. The van der Waals surface area contributed by atoms with E-state index in [9.17, 15) is 14.0 Å². The summed E-state index contributed by atoms with van der Waals surface area (Å²) in [5, 5.41) is 2.09. The van der Waals surface area contributed by atoms with Crippen molar-refractivity contribution in [2.24, 2.45) is 0 Å². The van der Waals surface area contributed by atoms with Crippen LogP contribution in [-0.2, 0) is 4.79 Å². The third-order valence-corrected chi connectivity index (χ3v) is 3.22. The minimum Gasteiger partial charge on any atom is -0.484 e. The monoisotopic (exact) mass is 361 g/mol. The maximum absolute atomic E-state index is 13.5. The van der Waals surface area contributed by atoms with Crippen molar-refractivity contribution in [3.63, 3.8) is 0 Å². The minimum atomic E-state index is -0.721. The average molecular weight is 361 g/mol. The van der Waals surface area contributed by atoms with Gasteiger partial charge in [0.2, 0.25) is 0 Å². The molecule has 0 saturated heterocycles. The Labute approximate surface area is 149 Å². The Morgan fingerprint density at radius 2 is 1.88 bits per heavy atom. The number of hydrogen-bond acceptors (Lipinski definition) is 4. The summed E-state index contributed by atoms with van der Waals surface area (Å²) in [6, 6.07) is 12.7. The smallest absolute Gasteiger partial charge is 0.276 e. The van der Waals surface area contributed by atoms with Gasteiger partial charge in [-0.3, -0.25) is 25.8 Å². The van der Waals surface area contributed by atoms with Crippen LogP contribution in [0.4, 0.5) is 4.39 Å². The molecule has 0 bridgehead atoms. The second kappa shape index (κ2) is 8.74. The highest BCUT2D eigenvalue weighted by molar-refractivity contribution is 7.80. The Morgan fingerprint density at radius 3 is 2.60 bits per heavy atom. The minimum absolute atomic E-state index is 0.152. The van der Waals surface area contributed by atoms with Crippen LogP contribution in [0.1, 0.15) is 15.9 Å². The Kier molecular flexibility index (Phi) is 6.41. The van der Waals surface area contributed by atoms with Crippen LogP contribution in [0.3, 0.4) is 0 Å². The van der Waals surface area contributed by atoms with Crippen molar-refractivity contribution in [3.05, 3.63) is 65.5 Å². The number of hydrogen-bond donors (Lipinski definition) is 3. The Balaban J connectivity index is 1.75. The van der Waals surface area contributed by atoms with Crippen LogP contribution < -0.4 is 20.9 Å². The molecular weight excluding hydrogens is 345 g/mol. The number of rotatable bonds is 4. The molecule has 0 aliphatic heterocycles. The van der Waals surface area contributed by atoms with E-state index in [0.717, 1.165) is 11.6 Å². The standard InChI is InChI=1S/C17H16FN3O3S/c1-11-5-4-6-12(9-11)24-10-15(22)20-21-17(25)19-16(23)13-7-2-3-8-14(13)18/h2-9H,10H2,1H3,(H,20,22)(H2,19,21,23,25). The maximum Gasteiger partial charge on any atom is 0.276 e. The normalized spacial score (nSPS) is 9.84. The number of hydrazine groups is 1. The predicted octanol–water partition coefficient (Wildman–Crippen LogP) is 1.85. The molecular formula is C17H16FN3O3S. The number of ether oxygens (including phenoxy) is 1. The predicted molar refractivity (Wildman–Crippen MR) is 94.4 cm³/mol. The van der Waals surface area contributed by atoms with Crippen molar-refractivity contribution in [2.75, 3.05) is 6.61 Å². The van der Waals surface area contributed by atoms with E-state index in [1.54, 1.807) is 12.1 Å². The molecule has 0 spiro atoms. The second-order valence-corrected chi connectivity index (χ2v) is 5.45. The van der Waals surface area contributed by atoms with E-state index < -0.39 is 17.6 Å². The largest absolute Gasteiger partial charge is 0.484 e. The summed E-state index contributed by atoms with van der Waals surface area (Å²) in [6.45, 7) is 1.67. The summed E-state index contributed by atoms with van der Waals surface area (Å²) < 4.78 is 18.8. The van der Waals surface area contributed by atoms with Gasteiger partial charge < -0.3 is 4.74 Å². The number of benzene rings is 2. The number of thiocarbonyl (C=S) groups is 1. The highest BCUT2D eigenvalue weighted by Crippen LogP contribution is 2.11. The van der Waals surface area contributed by atoms with Gasteiger partial charge in [-0.05, 0) is 49.0 Å². The van der Waals surface area contributed by atoms with Gasteiger partial charge in [-0.2, -0.15) is 0 Å². The highest BCUT2D eigenvalue weighted by atomic mass is 32.1. The van der Waals surface area contributed by atoms with E-state index in [4.69, 9.17) is 17.0 Å². The summed E-state index contributed by atoms with van der Waals surface area (Å²) >= 11 is 4.87. The van der Waals surface area contributed by atoms with Gasteiger partial charge in [0.05, 0.1) is 5.56 Å². The maximum atomic E-state index is 13.5. The molecule has 0 unspecified atom stereocenters. The van der Waals surface area contributed by atoms with Gasteiger partial charge in [0.1, 0.15) is 11.6 Å². The lowest BCUT2D eigenvalue weighted by Crippen LogP contribution is -2.49. The lowest BCUT2D eigenvalue weighted by molar-refractivity contribution is -0.123. The number of carbonyl (C=O) groups excluding carboxylic acids is 2. The summed E-state index contributed by atoms with van der Waals surface area (Å²) in [7, 11) is 0. The molecule has 2 aromatic rings. The molecule has 0 aliphatic carbocycles. The molecule has 0 fully saturated rings. The van der Waals surface area contributed by atoms with Gasteiger partial charge in [0.15, 0.2) is 11.7 Å². The summed E-state index contributed by atoms with van der Waals surface area (Å²) in [5.74, 6) is -1.33. The zero-order valence-corrected chi connectivity index (χ0v) is 14.2. The first-order valence-corrected chi connectivity index (χ1v) is 7.70. The van der Waals surface area contributed by atoms with Gasteiger partial charge in [0, 0.05) is 0 Å². The zero-order valence-electron chi connectivity index (χ0n) is 13.3. The van der Waals surface area contributed by atoms with Gasteiger partial charge in [-0.25, -0.2) is 4.39 Å². The van der Waals surface area contributed by atoms with E-state index in [0.29, 0.717) is 5.75 Å². The molecule has 0 atom stereocenters. The van der Waals surface area contributed by atoms with Crippen molar-refractivity contribution in [1.82, 2.24) is 16.2 Å². The van der Waals surface area contributed by atoms with Crippen LogP contribution in [-0.4, -0.2) is 23.5 Å². The molecule has 0 aromatic heterocycles. The highest BCUT2D eigenvalue weighted by Gasteiger charge is 2.12. The number of amides is 2. The van der Waals surface area contributed by atoms with Crippen LogP contribution in [0.15, 0.2) is 48.5 Å². The number of halogens is 1. The van der Waals surface area contributed by atoms with E-state index in [-0.39, 0.29) is 17.3 Å². The molecule has 0 aliphatic rings.